The Hall–Kier alpha value is -3.10. The van der Waals surface area contributed by atoms with Crippen molar-refractivity contribution in [3.8, 4) is 0 Å². The van der Waals surface area contributed by atoms with Crippen LogP contribution in [-0.2, 0) is 25.7 Å². The molecule has 3 N–H and O–H groups in total. The third-order valence-electron chi connectivity index (χ3n) is 3.82. The van der Waals surface area contributed by atoms with E-state index in [1.165, 1.54) is 6.92 Å². The number of ether oxygens (including phenoxy) is 1. The molecule has 0 spiro atoms. The number of carbonyl (C=O) groups is 4. The number of hydrogen-bond donors (Lipinski definition) is 3. The van der Waals surface area contributed by atoms with E-state index < -0.39 is 36.0 Å². The number of unbranched alkanes of at least 4 members (excludes halogenated alkanes) is 1. The zero-order valence-electron chi connectivity index (χ0n) is 16.0. The normalized spacial score (nSPS) is 12.4. The topological polar surface area (TPSA) is 137 Å². The van der Waals surface area contributed by atoms with Gasteiger partial charge in [0.1, 0.15) is 19.2 Å². The molecule has 0 unspecified atom stereocenters. The molecule has 0 aliphatic heterocycles. The molecular weight excluding hydrogens is 366 g/mol. The third kappa shape index (κ3) is 9.02. The van der Waals surface area contributed by atoms with E-state index in [4.69, 9.17) is 4.74 Å². The number of aliphatic carboxylic acids is 1. The summed E-state index contributed by atoms with van der Waals surface area (Å²) in [7, 11) is 0. The molecule has 2 atom stereocenters. The van der Waals surface area contributed by atoms with Gasteiger partial charge in [-0.15, -0.1) is 0 Å². The quantitative estimate of drug-likeness (QED) is 0.479. The fourth-order valence-electron chi connectivity index (χ4n) is 2.24. The summed E-state index contributed by atoms with van der Waals surface area (Å²) >= 11 is 0. The van der Waals surface area contributed by atoms with Gasteiger partial charge in [-0.3, -0.25) is 9.59 Å². The number of carboxylic acids is 1. The summed E-state index contributed by atoms with van der Waals surface area (Å²) in [5.74, 6) is -2.63. The van der Waals surface area contributed by atoms with Crippen LogP contribution >= 0.6 is 0 Å². The van der Waals surface area contributed by atoms with Crippen molar-refractivity contribution < 1.29 is 29.0 Å². The number of carbonyl (C=O) groups excluding carboxylic acids is 4. The molecule has 1 aromatic carbocycles. The first-order chi connectivity index (χ1) is 13.3. The van der Waals surface area contributed by atoms with Gasteiger partial charge in [0.25, 0.3) is 0 Å². The average molecular weight is 392 g/mol. The molecule has 0 bridgehead atoms. The fourth-order valence-corrected chi connectivity index (χ4v) is 2.24. The van der Waals surface area contributed by atoms with Gasteiger partial charge in [0, 0.05) is 0 Å². The van der Waals surface area contributed by atoms with Crippen LogP contribution in [0.25, 0.3) is 0 Å². The Bertz CT molecular complexity index is 665. The predicted octanol–water partition coefficient (Wildman–Crippen LogP) is -0.158. The van der Waals surface area contributed by atoms with Gasteiger partial charge in [-0.1, -0.05) is 50.1 Å². The van der Waals surface area contributed by atoms with E-state index in [2.05, 4.69) is 16.0 Å². The molecule has 0 aromatic heterocycles. The second-order valence-corrected chi connectivity index (χ2v) is 6.23. The predicted molar refractivity (Wildman–Crippen MR) is 98.7 cm³/mol. The highest BCUT2D eigenvalue weighted by Crippen LogP contribution is 2.01. The van der Waals surface area contributed by atoms with Crippen LogP contribution in [0.4, 0.5) is 4.79 Å². The molecule has 154 valence electrons. The van der Waals surface area contributed by atoms with Gasteiger partial charge in [-0.25, -0.2) is 4.79 Å². The molecule has 9 heteroatoms. The standard InChI is InChI=1S/C19H27N3O6/c1-3-4-10-15(18(25)26)22-17(24)13(2)21-16(23)11-20-19(27)28-12-14-8-6-5-7-9-14/h5-9,13,15H,3-4,10-12H2,1-2H3,(H,20,27)(H,21,23)(H,22,24)(H,25,26)/p-1/t13-,15+/m1/s1. The Labute approximate surface area is 163 Å². The lowest BCUT2D eigenvalue weighted by molar-refractivity contribution is -0.308. The number of rotatable bonds is 11. The molecule has 0 saturated heterocycles. The number of benzene rings is 1. The minimum atomic E-state index is -1.37. The van der Waals surface area contributed by atoms with E-state index in [9.17, 15) is 24.3 Å². The van der Waals surface area contributed by atoms with Crippen molar-refractivity contribution in [3.63, 3.8) is 0 Å². The highest BCUT2D eigenvalue weighted by Gasteiger charge is 2.20. The van der Waals surface area contributed by atoms with Crippen molar-refractivity contribution in [2.75, 3.05) is 6.54 Å². The van der Waals surface area contributed by atoms with E-state index in [1.54, 1.807) is 12.1 Å². The van der Waals surface area contributed by atoms with Gasteiger partial charge in [0.05, 0.1) is 12.0 Å². The van der Waals surface area contributed by atoms with E-state index in [0.717, 1.165) is 12.0 Å². The van der Waals surface area contributed by atoms with Crippen molar-refractivity contribution in [3.05, 3.63) is 35.9 Å². The van der Waals surface area contributed by atoms with Crippen LogP contribution in [0.15, 0.2) is 30.3 Å². The van der Waals surface area contributed by atoms with Crippen LogP contribution in [0.2, 0.25) is 0 Å². The third-order valence-corrected chi connectivity index (χ3v) is 3.82. The van der Waals surface area contributed by atoms with Crippen molar-refractivity contribution >= 4 is 23.9 Å². The molecule has 0 heterocycles. The summed E-state index contributed by atoms with van der Waals surface area (Å²) in [5, 5.41) is 18.0. The van der Waals surface area contributed by atoms with Gasteiger partial charge in [0.2, 0.25) is 11.8 Å². The molecule has 0 fully saturated rings. The van der Waals surface area contributed by atoms with E-state index in [-0.39, 0.29) is 19.6 Å². The minimum Gasteiger partial charge on any atom is -0.548 e. The van der Waals surface area contributed by atoms with Crippen LogP contribution in [-0.4, -0.2) is 42.5 Å². The summed E-state index contributed by atoms with van der Waals surface area (Å²) in [5.41, 5.74) is 0.804. The van der Waals surface area contributed by atoms with Crippen LogP contribution in [0, 0.1) is 0 Å². The lowest BCUT2D eigenvalue weighted by Gasteiger charge is -2.22. The molecule has 1 rings (SSSR count). The summed E-state index contributed by atoms with van der Waals surface area (Å²) in [6.07, 6.45) is 0.875. The molecule has 1 aromatic rings. The Kier molecular flexibility index (Phi) is 10.1. The summed E-state index contributed by atoms with van der Waals surface area (Å²) < 4.78 is 4.97. The lowest BCUT2D eigenvalue weighted by Crippen LogP contribution is -2.54. The van der Waals surface area contributed by atoms with Gasteiger partial charge in [-0.05, 0) is 18.9 Å². The van der Waals surface area contributed by atoms with Crippen LogP contribution in [0.5, 0.6) is 0 Å². The van der Waals surface area contributed by atoms with Gasteiger partial charge in [-0.2, -0.15) is 0 Å². The van der Waals surface area contributed by atoms with Crippen molar-refractivity contribution in [1.82, 2.24) is 16.0 Å². The van der Waals surface area contributed by atoms with Crippen molar-refractivity contribution in [1.29, 1.82) is 0 Å². The zero-order valence-corrected chi connectivity index (χ0v) is 16.0. The SMILES string of the molecule is CCCC[C@H](NC(=O)[C@@H](C)NC(=O)CNC(=O)OCc1ccccc1)C(=O)[O-]. The second kappa shape index (κ2) is 12.3. The Balaban J connectivity index is 2.33. The first kappa shape index (κ1) is 22.9. The lowest BCUT2D eigenvalue weighted by atomic mass is 10.1. The maximum atomic E-state index is 12.0. The highest BCUT2D eigenvalue weighted by molar-refractivity contribution is 5.91. The van der Waals surface area contributed by atoms with Gasteiger partial charge >= 0.3 is 6.09 Å². The monoisotopic (exact) mass is 392 g/mol. The van der Waals surface area contributed by atoms with Crippen LogP contribution in [0.3, 0.4) is 0 Å². The van der Waals surface area contributed by atoms with Gasteiger partial charge < -0.3 is 30.6 Å². The Morgan fingerprint density at radius 3 is 2.39 bits per heavy atom. The molecule has 0 aliphatic carbocycles. The van der Waals surface area contributed by atoms with E-state index in [1.807, 2.05) is 25.1 Å². The Morgan fingerprint density at radius 2 is 1.79 bits per heavy atom. The van der Waals surface area contributed by atoms with Crippen molar-refractivity contribution in [2.45, 2.75) is 51.8 Å². The molecule has 0 radical (unpaired) electrons. The summed E-state index contributed by atoms with van der Waals surface area (Å²) in [6, 6.07) is 6.95. The summed E-state index contributed by atoms with van der Waals surface area (Å²) in [6.45, 7) is 2.99. The fraction of sp³-hybridized carbons (Fsp3) is 0.474. The first-order valence-electron chi connectivity index (χ1n) is 9.08. The van der Waals surface area contributed by atoms with E-state index in [0.29, 0.717) is 6.42 Å². The van der Waals surface area contributed by atoms with E-state index >= 15 is 0 Å². The largest absolute Gasteiger partial charge is 0.548 e. The molecule has 0 aliphatic rings. The average Bonchev–Trinajstić information content (AvgIpc) is 2.68. The molecule has 28 heavy (non-hydrogen) atoms. The van der Waals surface area contributed by atoms with Crippen molar-refractivity contribution in [2.24, 2.45) is 0 Å². The Morgan fingerprint density at radius 1 is 1.11 bits per heavy atom. The maximum Gasteiger partial charge on any atom is 0.407 e. The number of carboxylic acid groups (broad SMARTS) is 1. The smallest absolute Gasteiger partial charge is 0.407 e. The number of hydrogen-bond acceptors (Lipinski definition) is 6. The summed E-state index contributed by atoms with van der Waals surface area (Å²) in [4.78, 5) is 46.5. The number of nitrogens with one attached hydrogen (secondary N) is 3. The van der Waals surface area contributed by atoms with Crippen LogP contribution < -0.4 is 21.1 Å². The molecular formula is C19H26N3O6-. The first-order valence-corrected chi connectivity index (χ1v) is 9.08. The molecule has 9 nitrogen and oxygen atoms in total. The van der Waals surface area contributed by atoms with Gasteiger partial charge in [0.15, 0.2) is 0 Å². The van der Waals surface area contributed by atoms with Crippen LogP contribution in [0.1, 0.15) is 38.7 Å². The zero-order chi connectivity index (χ0) is 20.9. The minimum absolute atomic E-state index is 0.0650. The number of alkyl carbamates (subject to hydrolysis) is 1. The molecule has 0 saturated carbocycles. The molecule has 3 amide bonds. The highest BCUT2D eigenvalue weighted by atomic mass is 16.5. The maximum absolute atomic E-state index is 12.0. The second-order valence-electron chi connectivity index (χ2n) is 6.23. The number of amides is 3.